The largest absolute Gasteiger partial charge is 0.406 e. The second kappa shape index (κ2) is 3.58. The lowest BCUT2D eigenvalue weighted by Crippen LogP contribution is -2.33. The summed E-state index contributed by atoms with van der Waals surface area (Å²) in [4.78, 5) is 15.7. The van der Waals surface area contributed by atoms with E-state index in [2.05, 4.69) is 10.3 Å². The minimum absolute atomic E-state index is 0.102. The fraction of sp³-hybridized carbons (Fsp3) is 0.556. The van der Waals surface area contributed by atoms with Gasteiger partial charge in [-0.3, -0.25) is 9.36 Å². The fourth-order valence-electron chi connectivity index (χ4n) is 1.75. The summed E-state index contributed by atoms with van der Waals surface area (Å²) in [6.07, 6.45) is -4.41. The molecule has 0 saturated heterocycles. The maximum Gasteiger partial charge on any atom is 0.406 e. The van der Waals surface area contributed by atoms with E-state index in [0.29, 0.717) is 28.9 Å². The first-order valence-electron chi connectivity index (χ1n) is 4.75. The molecule has 0 bridgehead atoms. The molecule has 1 aliphatic heterocycles. The second-order valence-electron chi connectivity index (χ2n) is 3.69. The Morgan fingerprint density at radius 2 is 2.12 bits per heavy atom. The Kier molecular flexibility index (Phi) is 2.49. The summed E-state index contributed by atoms with van der Waals surface area (Å²) in [5, 5.41) is 2.89. The molecule has 1 aromatic heterocycles. The number of alkyl halides is 3. The predicted octanol–water partition coefficient (Wildman–Crippen LogP) is 0.717. The fourth-order valence-corrected chi connectivity index (χ4v) is 1.75. The Morgan fingerprint density at radius 3 is 2.75 bits per heavy atom. The van der Waals surface area contributed by atoms with Gasteiger partial charge in [0.05, 0.1) is 11.3 Å². The molecule has 1 aromatic rings. The molecule has 0 aromatic carbocycles. The molecule has 1 aliphatic rings. The minimum atomic E-state index is -4.41. The van der Waals surface area contributed by atoms with E-state index in [9.17, 15) is 18.0 Å². The molecule has 2 rings (SSSR count). The van der Waals surface area contributed by atoms with Gasteiger partial charge in [0.2, 0.25) is 0 Å². The molecule has 4 nitrogen and oxygen atoms in total. The summed E-state index contributed by atoms with van der Waals surface area (Å²) in [6.45, 7) is 0.862. The highest BCUT2D eigenvalue weighted by Gasteiger charge is 2.30. The molecule has 1 N–H and O–H groups in total. The first-order valence-corrected chi connectivity index (χ1v) is 4.75. The average molecular weight is 233 g/mol. The van der Waals surface area contributed by atoms with Crippen molar-refractivity contribution in [3.05, 3.63) is 27.4 Å². The van der Waals surface area contributed by atoms with Crippen molar-refractivity contribution in [1.29, 1.82) is 0 Å². The Labute approximate surface area is 89.1 Å². The second-order valence-corrected chi connectivity index (χ2v) is 3.69. The van der Waals surface area contributed by atoms with Crippen molar-refractivity contribution in [3.63, 3.8) is 0 Å². The molecule has 16 heavy (non-hydrogen) atoms. The molecular formula is C9H10F3N3O. The van der Waals surface area contributed by atoms with Crippen molar-refractivity contribution in [1.82, 2.24) is 14.9 Å². The van der Waals surface area contributed by atoms with E-state index in [1.165, 1.54) is 6.92 Å². The molecular weight excluding hydrogens is 223 g/mol. The monoisotopic (exact) mass is 233 g/mol. The van der Waals surface area contributed by atoms with Crippen LogP contribution in [0.5, 0.6) is 0 Å². The van der Waals surface area contributed by atoms with Gasteiger partial charge in [-0.2, -0.15) is 13.2 Å². The lowest BCUT2D eigenvalue weighted by atomic mass is 10.2. The topological polar surface area (TPSA) is 46.9 Å². The van der Waals surface area contributed by atoms with Crippen LogP contribution in [0, 0.1) is 6.92 Å². The number of aromatic nitrogens is 2. The standard InChI is InChI=1S/C9H10F3N3O/c1-5-14-7-3-13-2-6(7)8(16)15(5)4-9(10,11)12/h13H,2-4H2,1H3. The Balaban J connectivity index is 2.51. The molecule has 7 heteroatoms. The number of nitrogens with one attached hydrogen (secondary N) is 1. The number of hydrogen-bond donors (Lipinski definition) is 1. The Hall–Kier alpha value is -1.37. The van der Waals surface area contributed by atoms with Crippen LogP contribution in [-0.4, -0.2) is 15.7 Å². The third-order valence-electron chi connectivity index (χ3n) is 2.47. The molecule has 0 fully saturated rings. The lowest BCUT2D eigenvalue weighted by Gasteiger charge is -2.13. The van der Waals surface area contributed by atoms with Crippen molar-refractivity contribution in [2.24, 2.45) is 0 Å². The third-order valence-corrected chi connectivity index (χ3v) is 2.47. The maximum atomic E-state index is 12.3. The van der Waals surface area contributed by atoms with Crippen LogP contribution in [0.3, 0.4) is 0 Å². The summed E-state index contributed by atoms with van der Waals surface area (Å²) in [5.41, 5.74) is 0.306. The third kappa shape index (κ3) is 1.95. The van der Waals surface area contributed by atoms with E-state index < -0.39 is 18.3 Å². The lowest BCUT2D eigenvalue weighted by molar-refractivity contribution is -0.141. The van der Waals surface area contributed by atoms with Crippen LogP contribution >= 0.6 is 0 Å². The minimum Gasteiger partial charge on any atom is -0.307 e. The number of rotatable bonds is 1. The van der Waals surface area contributed by atoms with E-state index >= 15 is 0 Å². The average Bonchev–Trinajstić information content (AvgIpc) is 2.58. The van der Waals surface area contributed by atoms with Gasteiger partial charge in [0.25, 0.3) is 5.56 Å². The van der Waals surface area contributed by atoms with E-state index in [1.807, 2.05) is 0 Å². The van der Waals surface area contributed by atoms with Gasteiger partial charge >= 0.3 is 6.18 Å². The van der Waals surface area contributed by atoms with Crippen molar-refractivity contribution in [2.75, 3.05) is 0 Å². The summed E-state index contributed by atoms with van der Waals surface area (Å²) in [7, 11) is 0. The predicted molar refractivity (Wildman–Crippen MR) is 49.8 cm³/mol. The van der Waals surface area contributed by atoms with Gasteiger partial charge < -0.3 is 5.32 Å². The number of aryl methyl sites for hydroxylation is 1. The molecule has 0 amide bonds. The van der Waals surface area contributed by atoms with Crippen molar-refractivity contribution in [3.8, 4) is 0 Å². The maximum absolute atomic E-state index is 12.3. The van der Waals surface area contributed by atoms with Gasteiger partial charge in [0, 0.05) is 13.1 Å². The summed E-state index contributed by atoms with van der Waals surface area (Å²) in [5.74, 6) is 0.102. The number of halogens is 3. The van der Waals surface area contributed by atoms with Crippen LogP contribution in [0.4, 0.5) is 13.2 Å². The van der Waals surface area contributed by atoms with E-state index in [4.69, 9.17) is 0 Å². The van der Waals surface area contributed by atoms with Gasteiger partial charge in [-0.25, -0.2) is 4.98 Å². The van der Waals surface area contributed by atoms with Crippen molar-refractivity contribution < 1.29 is 13.2 Å². The van der Waals surface area contributed by atoms with Gasteiger partial charge in [-0.1, -0.05) is 0 Å². The molecule has 0 unspecified atom stereocenters. The van der Waals surface area contributed by atoms with Crippen LogP contribution in [0.25, 0.3) is 0 Å². The zero-order valence-electron chi connectivity index (χ0n) is 8.56. The van der Waals surface area contributed by atoms with E-state index in [0.717, 1.165) is 0 Å². The summed E-state index contributed by atoms with van der Waals surface area (Å²) < 4.78 is 37.4. The number of nitrogens with zero attached hydrogens (tertiary/aromatic N) is 2. The van der Waals surface area contributed by atoms with Crippen LogP contribution in [-0.2, 0) is 19.6 Å². The molecule has 0 spiro atoms. The first-order chi connectivity index (χ1) is 7.38. The van der Waals surface area contributed by atoms with Crippen molar-refractivity contribution >= 4 is 0 Å². The van der Waals surface area contributed by atoms with Crippen LogP contribution in [0.1, 0.15) is 17.1 Å². The number of hydrogen-bond acceptors (Lipinski definition) is 3. The van der Waals surface area contributed by atoms with Gasteiger partial charge in [0.1, 0.15) is 12.4 Å². The molecule has 2 heterocycles. The smallest absolute Gasteiger partial charge is 0.307 e. The Morgan fingerprint density at radius 1 is 1.44 bits per heavy atom. The van der Waals surface area contributed by atoms with Gasteiger partial charge in [-0.15, -0.1) is 0 Å². The normalized spacial score (nSPS) is 15.2. The highest BCUT2D eigenvalue weighted by atomic mass is 19.4. The molecule has 0 saturated carbocycles. The summed E-state index contributed by atoms with van der Waals surface area (Å²) >= 11 is 0. The number of fused-ring (bicyclic) bond motifs is 1. The van der Waals surface area contributed by atoms with E-state index in [-0.39, 0.29) is 5.82 Å². The Bertz CT molecular complexity index is 478. The zero-order chi connectivity index (χ0) is 11.9. The highest BCUT2D eigenvalue weighted by Crippen LogP contribution is 2.18. The van der Waals surface area contributed by atoms with Crippen LogP contribution in [0.2, 0.25) is 0 Å². The van der Waals surface area contributed by atoms with Crippen LogP contribution in [0.15, 0.2) is 4.79 Å². The first kappa shape index (κ1) is 11.1. The SMILES string of the molecule is Cc1nc2c(c(=O)n1CC(F)(F)F)CNC2. The van der Waals surface area contributed by atoms with Gasteiger partial charge in [0.15, 0.2) is 0 Å². The molecule has 0 atom stereocenters. The molecule has 0 radical (unpaired) electrons. The van der Waals surface area contributed by atoms with E-state index in [1.54, 1.807) is 0 Å². The van der Waals surface area contributed by atoms with Gasteiger partial charge in [-0.05, 0) is 6.92 Å². The quantitative estimate of drug-likeness (QED) is 0.777. The zero-order valence-corrected chi connectivity index (χ0v) is 8.56. The molecule has 0 aliphatic carbocycles. The molecule has 88 valence electrons. The van der Waals surface area contributed by atoms with Crippen molar-refractivity contribution in [2.45, 2.75) is 32.7 Å². The summed E-state index contributed by atoms with van der Waals surface area (Å²) in [6, 6.07) is 0. The van der Waals surface area contributed by atoms with Crippen LogP contribution < -0.4 is 10.9 Å². The highest BCUT2D eigenvalue weighted by molar-refractivity contribution is 5.22.